The summed E-state index contributed by atoms with van der Waals surface area (Å²) < 4.78 is 5.03. The van der Waals surface area contributed by atoms with Gasteiger partial charge >= 0.3 is 0 Å². The predicted octanol–water partition coefficient (Wildman–Crippen LogP) is 2.30. The number of hydrogen-bond donors (Lipinski definition) is 2. The van der Waals surface area contributed by atoms with Crippen LogP contribution in [0, 0.1) is 5.41 Å². The van der Waals surface area contributed by atoms with E-state index in [0.29, 0.717) is 17.4 Å². The third-order valence-electron chi connectivity index (χ3n) is 4.90. The summed E-state index contributed by atoms with van der Waals surface area (Å²) in [6, 6.07) is 3.19. The second-order valence-corrected chi connectivity index (χ2v) is 8.07. The van der Waals surface area contributed by atoms with Crippen molar-refractivity contribution in [2.75, 3.05) is 26.0 Å². The summed E-state index contributed by atoms with van der Waals surface area (Å²) in [6.45, 7) is 0.342. The van der Waals surface area contributed by atoms with Gasteiger partial charge in [-0.1, -0.05) is 12.8 Å². The highest BCUT2D eigenvalue weighted by Gasteiger charge is 2.42. The number of rotatable bonds is 7. The normalized spacial score (nSPS) is 15.2. The fraction of sp³-hybridized carbons (Fsp3) is 0.474. The summed E-state index contributed by atoms with van der Waals surface area (Å²) in [7, 11) is 3.50. The Morgan fingerprint density at radius 3 is 2.68 bits per heavy atom. The second-order valence-electron chi connectivity index (χ2n) is 7.22. The molecule has 3 rings (SSSR count). The van der Waals surface area contributed by atoms with Crippen molar-refractivity contribution in [2.45, 2.75) is 32.1 Å². The first kappa shape index (κ1) is 20.1. The van der Waals surface area contributed by atoms with Crippen LogP contribution in [0.2, 0.25) is 0 Å². The van der Waals surface area contributed by atoms with Crippen LogP contribution in [0.15, 0.2) is 28.2 Å². The first-order valence-electron chi connectivity index (χ1n) is 9.17. The van der Waals surface area contributed by atoms with E-state index in [4.69, 9.17) is 4.42 Å². The van der Waals surface area contributed by atoms with E-state index in [0.717, 1.165) is 25.7 Å². The van der Waals surface area contributed by atoms with Crippen LogP contribution in [0.4, 0.5) is 5.13 Å². The van der Waals surface area contributed by atoms with Gasteiger partial charge in [-0.3, -0.25) is 19.7 Å². The number of carbonyl (C=O) groups is 3. The quantitative estimate of drug-likeness (QED) is 0.737. The molecule has 28 heavy (non-hydrogen) atoms. The Kier molecular flexibility index (Phi) is 6.13. The zero-order valence-electron chi connectivity index (χ0n) is 16.0. The number of thiazole rings is 1. The van der Waals surface area contributed by atoms with Crippen LogP contribution in [0.25, 0.3) is 0 Å². The highest BCUT2D eigenvalue weighted by molar-refractivity contribution is 7.14. The Hall–Kier alpha value is -2.68. The third-order valence-corrected chi connectivity index (χ3v) is 5.71. The van der Waals surface area contributed by atoms with E-state index in [-0.39, 0.29) is 29.9 Å². The van der Waals surface area contributed by atoms with Crippen molar-refractivity contribution in [1.29, 1.82) is 0 Å². The van der Waals surface area contributed by atoms with Gasteiger partial charge in [0.15, 0.2) is 10.9 Å². The Morgan fingerprint density at radius 1 is 1.29 bits per heavy atom. The van der Waals surface area contributed by atoms with Crippen LogP contribution in [0.5, 0.6) is 0 Å². The van der Waals surface area contributed by atoms with Crippen molar-refractivity contribution < 1.29 is 18.8 Å². The van der Waals surface area contributed by atoms with Gasteiger partial charge in [0.05, 0.1) is 23.8 Å². The first-order valence-corrected chi connectivity index (χ1v) is 10.1. The highest BCUT2D eigenvalue weighted by Crippen LogP contribution is 2.38. The molecule has 8 nitrogen and oxygen atoms in total. The molecule has 2 heterocycles. The molecule has 0 aromatic carbocycles. The van der Waals surface area contributed by atoms with Gasteiger partial charge < -0.3 is 14.6 Å². The highest BCUT2D eigenvalue weighted by atomic mass is 32.1. The van der Waals surface area contributed by atoms with E-state index in [1.807, 2.05) is 0 Å². The van der Waals surface area contributed by atoms with Crippen LogP contribution in [0.1, 0.15) is 41.9 Å². The lowest BCUT2D eigenvalue weighted by Gasteiger charge is -2.30. The lowest BCUT2D eigenvalue weighted by Crippen LogP contribution is -2.46. The number of carbonyl (C=O) groups excluding carboxylic acids is 3. The average molecular weight is 404 g/mol. The zero-order valence-corrected chi connectivity index (χ0v) is 16.8. The summed E-state index contributed by atoms with van der Waals surface area (Å²) in [4.78, 5) is 42.7. The molecule has 0 radical (unpaired) electrons. The molecule has 0 spiro atoms. The van der Waals surface area contributed by atoms with Crippen LogP contribution in [0.3, 0.4) is 0 Å². The van der Waals surface area contributed by atoms with Gasteiger partial charge in [-0.15, -0.1) is 11.3 Å². The van der Waals surface area contributed by atoms with Crippen molar-refractivity contribution in [2.24, 2.45) is 5.41 Å². The van der Waals surface area contributed by atoms with Crippen LogP contribution >= 0.6 is 11.3 Å². The smallest absolute Gasteiger partial charge is 0.293 e. The molecular weight excluding hydrogens is 380 g/mol. The summed E-state index contributed by atoms with van der Waals surface area (Å²) in [6.07, 6.45) is 5.11. The predicted molar refractivity (Wildman–Crippen MR) is 105 cm³/mol. The topological polar surface area (TPSA) is 105 Å². The van der Waals surface area contributed by atoms with E-state index in [1.165, 1.54) is 17.6 Å². The summed E-state index contributed by atoms with van der Waals surface area (Å²) in [5.74, 6) is -0.309. The van der Waals surface area contributed by atoms with Gasteiger partial charge in [0.2, 0.25) is 11.8 Å². The lowest BCUT2D eigenvalue weighted by molar-refractivity contribution is -0.139. The van der Waals surface area contributed by atoms with Gasteiger partial charge in [0.25, 0.3) is 5.91 Å². The number of amides is 3. The van der Waals surface area contributed by atoms with E-state index in [9.17, 15) is 14.4 Å². The third kappa shape index (κ3) is 4.59. The zero-order chi connectivity index (χ0) is 20.1. The van der Waals surface area contributed by atoms with Gasteiger partial charge in [0.1, 0.15) is 0 Å². The first-order chi connectivity index (χ1) is 13.4. The number of nitrogens with one attached hydrogen (secondary N) is 2. The Morgan fingerprint density at radius 2 is 2.04 bits per heavy atom. The van der Waals surface area contributed by atoms with Crippen molar-refractivity contribution in [3.8, 4) is 0 Å². The molecule has 1 saturated carbocycles. The fourth-order valence-electron chi connectivity index (χ4n) is 3.50. The molecule has 1 fully saturated rings. The Bertz CT molecular complexity index is 838. The maximum atomic E-state index is 12.6. The number of anilines is 1. The molecule has 2 N–H and O–H groups in total. The van der Waals surface area contributed by atoms with Gasteiger partial charge in [-0.05, 0) is 25.0 Å². The minimum Gasteiger partial charge on any atom is -0.459 e. The minimum atomic E-state index is -0.497. The average Bonchev–Trinajstić information content (AvgIpc) is 3.41. The molecule has 9 heteroatoms. The molecule has 0 unspecified atom stereocenters. The summed E-state index contributed by atoms with van der Waals surface area (Å²) in [5.41, 5.74) is 0.0697. The molecular formula is C19H24N4O4S. The number of furan rings is 1. The van der Waals surface area contributed by atoms with Gasteiger partial charge in [-0.25, -0.2) is 4.98 Å². The second kappa shape index (κ2) is 8.55. The Balaban J connectivity index is 1.53. The largest absolute Gasteiger partial charge is 0.459 e. The molecule has 1 aliphatic carbocycles. The number of hydrogen-bond acceptors (Lipinski definition) is 6. The summed E-state index contributed by atoms with van der Waals surface area (Å²) in [5, 5.41) is 7.67. The van der Waals surface area contributed by atoms with Crippen molar-refractivity contribution >= 4 is 34.2 Å². The molecule has 0 atom stereocenters. The van der Waals surface area contributed by atoms with Crippen molar-refractivity contribution in [3.05, 3.63) is 35.2 Å². The molecule has 0 saturated heterocycles. The lowest BCUT2D eigenvalue weighted by atomic mass is 9.84. The molecule has 0 aliphatic heterocycles. The van der Waals surface area contributed by atoms with Crippen LogP contribution < -0.4 is 10.6 Å². The van der Waals surface area contributed by atoms with Crippen molar-refractivity contribution in [1.82, 2.24) is 15.2 Å². The Labute approximate surface area is 167 Å². The molecule has 2 aromatic rings. The molecule has 2 aromatic heterocycles. The monoisotopic (exact) mass is 404 g/mol. The van der Waals surface area contributed by atoms with E-state index in [1.54, 1.807) is 36.5 Å². The summed E-state index contributed by atoms with van der Waals surface area (Å²) >= 11 is 1.24. The minimum absolute atomic E-state index is 0.0712. The maximum absolute atomic E-state index is 12.6. The molecule has 3 amide bonds. The molecule has 150 valence electrons. The van der Waals surface area contributed by atoms with Crippen LogP contribution in [-0.4, -0.2) is 48.2 Å². The van der Waals surface area contributed by atoms with Crippen LogP contribution in [-0.2, 0) is 16.0 Å². The SMILES string of the molecule is CN(C)C(=O)C1(CNC(=O)Cc2csc(NC(=O)c3ccco3)n2)CCCC1. The number of aromatic nitrogens is 1. The fourth-order valence-corrected chi connectivity index (χ4v) is 4.20. The standard InChI is InChI=1S/C19H24N4O4S/c1-23(2)17(26)19(7-3-4-8-19)12-20-15(24)10-13-11-28-18(21-13)22-16(25)14-6-5-9-27-14/h5-6,9,11H,3-4,7-8,10,12H2,1-2H3,(H,20,24)(H,21,22,25). The van der Waals surface area contributed by atoms with E-state index in [2.05, 4.69) is 15.6 Å². The van der Waals surface area contributed by atoms with Gasteiger partial charge in [0, 0.05) is 26.0 Å². The molecule has 0 bridgehead atoms. The van der Waals surface area contributed by atoms with Gasteiger partial charge in [-0.2, -0.15) is 0 Å². The number of nitrogens with zero attached hydrogens (tertiary/aromatic N) is 2. The van der Waals surface area contributed by atoms with E-state index < -0.39 is 5.41 Å². The van der Waals surface area contributed by atoms with Crippen molar-refractivity contribution in [3.63, 3.8) is 0 Å². The molecule has 1 aliphatic rings. The van der Waals surface area contributed by atoms with E-state index >= 15 is 0 Å². The maximum Gasteiger partial charge on any atom is 0.293 e.